The molecule has 0 aliphatic heterocycles. The van der Waals surface area contributed by atoms with Crippen LogP contribution >= 0.6 is 11.3 Å². The largest absolute Gasteiger partial charge is 0.497 e. The molecule has 0 atom stereocenters. The quantitative estimate of drug-likeness (QED) is 0.656. The zero-order valence-electron chi connectivity index (χ0n) is 9.44. The number of nitrogens with one attached hydrogen (secondary N) is 1. The maximum Gasteiger partial charge on any atom is 0.204 e. The summed E-state index contributed by atoms with van der Waals surface area (Å²) in [6, 6.07) is 5.82. The van der Waals surface area contributed by atoms with E-state index in [0.29, 0.717) is 0 Å². The summed E-state index contributed by atoms with van der Waals surface area (Å²) in [4.78, 5) is 4.40. The summed E-state index contributed by atoms with van der Waals surface area (Å²) in [5, 5.41) is 4.91. The summed E-state index contributed by atoms with van der Waals surface area (Å²) < 4.78 is 6.25. The number of rotatable bonds is 3. The Balaban J connectivity index is 2.32. The van der Waals surface area contributed by atoms with Gasteiger partial charge in [-0.15, -0.1) is 0 Å². The third kappa shape index (κ3) is 2.30. The highest BCUT2D eigenvalue weighted by Gasteiger charge is 2.03. The molecule has 0 saturated heterocycles. The number of aromatic nitrogens is 1. The van der Waals surface area contributed by atoms with Crippen LogP contribution in [0.2, 0.25) is 0 Å². The lowest BCUT2D eigenvalue weighted by Gasteiger charge is -1.96. The van der Waals surface area contributed by atoms with Gasteiger partial charge in [-0.3, -0.25) is 5.43 Å². The molecular weight excluding hydrogens is 222 g/mol. The van der Waals surface area contributed by atoms with Gasteiger partial charge < -0.3 is 4.74 Å². The van der Waals surface area contributed by atoms with Crippen LogP contribution in [0.5, 0.6) is 5.75 Å². The molecule has 0 amide bonds. The summed E-state index contributed by atoms with van der Waals surface area (Å²) in [5.41, 5.74) is 4.85. The van der Waals surface area contributed by atoms with Gasteiger partial charge in [0.2, 0.25) is 5.13 Å². The number of hydrogen-bond acceptors (Lipinski definition) is 5. The fraction of sp³-hybridized carbons (Fsp3) is 0.273. The molecule has 16 heavy (non-hydrogen) atoms. The van der Waals surface area contributed by atoms with Gasteiger partial charge in [0, 0.05) is 5.71 Å². The number of anilines is 1. The maximum absolute atomic E-state index is 5.16. The zero-order chi connectivity index (χ0) is 11.5. The fourth-order valence-electron chi connectivity index (χ4n) is 1.24. The summed E-state index contributed by atoms with van der Waals surface area (Å²) >= 11 is 1.56. The van der Waals surface area contributed by atoms with Gasteiger partial charge in [0.1, 0.15) is 5.75 Å². The topological polar surface area (TPSA) is 46.5 Å². The minimum Gasteiger partial charge on any atom is -0.497 e. The molecule has 1 aromatic carbocycles. The lowest BCUT2D eigenvalue weighted by molar-refractivity contribution is 0.415. The molecule has 0 saturated carbocycles. The minimum atomic E-state index is 0.796. The van der Waals surface area contributed by atoms with Crippen molar-refractivity contribution in [1.29, 1.82) is 0 Å². The Morgan fingerprint density at radius 2 is 2.25 bits per heavy atom. The third-order valence-corrected chi connectivity index (χ3v) is 2.89. The number of ether oxygens (including phenoxy) is 1. The van der Waals surface area contributed by atoms with Crippen molar-refractivity contribution in [2.45, 2.75) is 13.8 Å². The average Bonchev–Trinajstić information content (AvgIpc) is 2.67. The molecule has 1 aromatic heterocycles. The molecule has 0 aliphatic carbocycles. The average molecular weight is 235 g/mol. The molecule has 0 aliphatic rings. The van der Waals surface area contributed by atoms with Crippen molar-refractivity contribution in [1.82, 2.24) is 4.98 Å². The second kappa shape index (κ2) is 4.49. The van der Waals surface area contributed by atoms with Crippen LogP contribution in [0.3, 0.4) is 0 Å². The Labute approximate surface area is 98.0 Å². The van der Waals surface area contributed by atoms with E-state index in [1.807, 2.05) is 32.0 Å². The van der Waals surface area contributed by atoms with Gasteiger partial charge >= 0.3 is 0 Å². The number of methoxy groups -OCH3 is 1. The van der Waals surface area contributed by atoms with E-state index in [-0.39, 0.29) is 0 Å². The molecule has 4 nitrogen and oxygen atoms in total. The van der Waals surface area contributed by atoms with Crippen LogP contribution in [0.15, 0.2) is 23.3 Å². The van der Waals surface area contributed by atoms with Crippen molar-refractivity contribution in [3.63, 3.8) is 0 Å². The Morgan fingerprint density at radius 1 is 1.44 bits per heavy atom. The van der Waals surface area contributed by atoms with E-state index in [1.165, 1.54) is 0 Å². The van der Waals surface area contributed by atoms with Crippen molar-refractivity contribution >= 4 is 32.4 Å². The van der Waals surface area contributed by atoms with Gasteiger partial charge in [0.05, 0.1) is 17.3 Å². The van der Waals surface area contributed by atoms with Crippen molar-refractivity contribution in [2.24, 2.45) is 5.10 Å². The molecule has 1 heterocycles. The zero-order valence-corrected chi connectivity index (χ0v) is 10.3. The molecule has 0 unspecified atom stereocenters. The smallest absolute Gasteiger partial charge is 0.204 e. The van der Waals surface area contributed by atoms with Crippen LogP contribution in [-0.2, 0) is 0 Å². The highest BCUT2D eigenvalue weighted by molar-refractivity contribution is 7.22. The predicted molar refractivity (Wildman–Crippen MR) is 68.6 cm³/mol. The summed E-state index contributed by atoms with van der Waals surface area (Å²) in [7, 11) is 1.66. The van der Waals surface area contributed by atoms with E-state index in [1.54, 1.807) is 18.4 Å². The second-order valence-electron chi connectivity index (χ2n) is 3.52. The first-order valence-electron chi connectivity index (χ1n) is 4.90. The van der Waals surface area contributed by atoms with Gasteiger partial charge in [0.25, 0.3) is 0 Å². The predicted octanol–water partition coefficient (Wildman–Crippen LogP) is 3.11. The first kappa shape index (κ1) is 10.9. The molecule has 0 fully saturated rings. The van der Waals surface area contributed by atoms with E-state index in [0.717, 1.165) is 26.8 Å². The third-order valence-electron chi connectivity index (χ3n) is 1.97. The molecule has 0 spiro atoms. The van der Waals surface area contributed by atoms with Crippen molar-refractivity contribution < 1.29 is 4.74 Å². The van der Waals surface area contributed by atoms with Crippen molar-refractivity contribution in [3.8, 4) is 5.75 Å². The first-order valence-corrected chi connectivity index (χ1v) is 5.72. The lowest BCUT2D eigenvalue weighted by Crippen LogP contribution is -1.91. The Morgan fingerprint density at radius 3 is 2.94 bits per heavy atom. The maximum atomic E-state index is 5.16. The minimum absolute atomic E-state index is 0.796. The molecule has 1 N–H and O–H groups in total. The number of hydrazone groups is 1. The summed E-state index contributed by atoms with van der Waals surface area (Å²) in [5.74, 6) is 0.845. The molecule has 5 heteroatoms. The number of benzene rings is 1. The molecule has 2 aromatic rings. The fourth-order valence-corrected chi connectivity index (χ4v) is 2.08. The Kier molecular flexibility index (Phi) is 3.05. The molecule has 84 valence electrons. The van der Waals surface area contributed by atoms with E-state index in [4.69, 9.17) is 4.74 Å². The van der Waals surface area contributed by atoms with Crippen molar-refractivity contribution in [2.75, 3.05) is 12.5 Å². The number of nitrogens with zero attached hydrogens (tertiary/aromatic N) is 2. The first-order chi connectivity index (χ1) is 7.69. The van der Waals surface area contributed by atoms with E-state index >= 15 is 0 Å². The number of hydrogen-bond donors (Lipinski definition) is 1. The van der Waals surface area contributed by atoms with Crippen molar-refractivity contribution in [3.05, 3.63) is 18.2 Å². The normalized spacial score (nSPS) is 10.2. The highest BCUT2D eigenvalue weighted by atomic mass is 32.1. The molecule has 0 radical (unpaired) electrons. The van der Waals surface area contributed by atoms with Crippen LogP contribution in [0.25, 0.3) is 10.2 Å². The molecule has 0 bridgehead atoms. The van der Waals surface area contributed by atoms with Crippen LogP contribution in [0, 0.1) is 0 Å². The second-order valence-corrected chi connectivity index (χ2v) is 4.55. The monoisotopic (exact) mass is 235 g/mol. The van der Waals surface area contributed by atoms with Gasteiger partial charge in [-0.1, -0.05) is 11.3 Å². The summed E-state index contributed by atoms with van der Waals surface area (Å²) in [6.45, 7) is 3.87. The van der Waals surface area contributed by atoms with Crippen LogP contribution in [-0.4, -0.2) is 17.8 Å². The van der Waals surface area contributed by atoms with Gasteiger partial charge in [0.15, 0.2) is 0 Å². The van der Waals surface area contributed by atoms with Gasteiger partial charge in [-0.2, -0.15) is 5.10 Å². The Hall–Kier alpha value is -1.62. The van der Waals surface area contributed by atoms with Gasteiger partial charge in [-0.25, -0.2) is 4.98 Å². The number of thiazole rings is 1. The van der Waals surface area contributed by atoms with Gasteiger partial charge in [-0.05, 0) is 32.0 Å². The molecule has 2 rings (SSSR count). The van der Waals surface area contributed by atoms with E-state index in [9.17, 15) is 0 Å². The Bertz CT molecular complexity index is 529. The number of fused-ring (bicyclic) bond motifs is 1. The molecular formula is C11H13N3OS. The summed E-state index contributed by atoms with van der Waals surface area (Å²) in [6.07, 6.45) is 0. The van der Waals surface area contributed by atoms with Crippen LogP contribution in [0.4, 0.5) is 5.13 Å². The standard InChI is InChI=1S/C11H13N3OS/c1-7(2)13-14-11-12-9-5-4-8(15-3)6-10(9)16-11/h4-6H,1-3H3,(H,12,14). The SMILES string of the molecule is COc1ccc2nc(NN=C(C)C)sc2c1. The van der Waals surface area contributed by atoms with Crippen LogP contribution in [0.1, 0.15) is 13.8 Å². The highest BCUT2D eigenvalue weighted by Crippen LogP contribution is 2.28. The van der Waals surface area contributed by atoms with E-state index in [2.05, 4.69) is 15.5 Å². The van der Waals surface area contributed by atoms with Crippen LogP contribution < -0.4 is 10.2 Å². The van der Waals surface area contributed by atoms with E-state index < -0.39 is 0 Å². The lowest BCUT2D eigenvalue weighted by atomic mass is 10.3.